The Morgan fingerprint density at radius 3 is 2.46 bits per heavy atom. The van der Waals surface area contributed by atoms with Gasteiger partial charge in [-0.3, -0.25) is 14.4 Å². The molecule has 3 fully saturated rings. The van der Waals surface area contributed by atoms with E-state index in [1.165, 1.54) is 0 Å². The first-order valence-electron chi connectivity index (χ1n) is 12.7. The fourth-order valence-corrected chi connectivity index (χ4v) is 8.82. The van der Waals surface area contributed by atoms with E-state index in [-0.39, 0.29) is 41.4 Å². The molecule has 3 saturated heterocycles. The van der Waals surface area contributed by atoms with Gasteiger partial charge in [-0.2, -0.15) is 0 Å². The summed E-state index contributed by atoms with van der Waals surface area (Å²) in [6.07, 6.45) is 1.55. The van der Waals surface area contributed by atoms with E-state index in [2.05, 4.69) is 17.6 Å². The zero-order valence-electron chi connectivity index (χ0n) is 21.6. The summed E-state index contributed by atoms with van der Waals surface area (Å²) in [7, 11) is 0. The number of aliphatic hydroxyl groups excluding tert-OH is 1. The molecule has 7 nitrogen and oxygen atoms in total. The molecule has 3 aliphatic rings. The van der Waals surface area contributed by atoms with Crippen LogP contribution in [0.25, 0.3) is 0 Å². The summed E-state index contributed by atoms with van der Waals surface area (Å²) >= 11 is 1.66. The minimum atomic E-state index is -0.732. The maximum Gasteiger partial charge on any atom is 0.244 e. The monoisotopic (exact) mass is 501 g/mol. The third-order valence-electron chi connectivity index (χ3n) is 8.12. The van der Waals surface area contributed by atoms with Gasteiger partial charge in [0.1, 0.15) is 6.04 Å². The van der Waals surface area contributed by atoms with Crippen molar-refractivity contribution in [2.45, 2.75) is 82.0 Å². The Kier molecular flexibility index (Phi) is 7.01. The quantitative estimate of drug-likeness (QED) is 0.533. The number of aliphatic hydroxyl groups is 1. The predicted octanol–water partition coefficient (Wildman–Crippen LogP) is 3.28. The third kappa shape index (κ3) is 4.26. The van der Waals surface area contributed by atoms with Gasteiger partial charge >= 0.3 is 0 Å². The van der Waals surface area contributed by atoms with Crippen LogP contribution < -0.4 is 10.6 Å². The molecular formula is C27H39N3O4S. The normalized spacial score (nSPS) is 33.4. The molecule has 2 bridgehead atoms. The Bertz CT molecular complexity index is 980. The fourth-order valence-electron chi connectivity index (χ4n) is 6.42. The Labute approximate surface area is 212 Å². The smallest absolute Gasteiger partial charge is 0.244 e. The van der Waals surface area contributed by atoms with Crippen molar-refractivity contribution in [3.8, 4) is 0 Å². The molecule has 4 rings (SSSR count). The van der Waals surface area contributed by atoms with E-state index >= 15 is 0 Å². The van der Waals surface area contributed by atoms with Gasteiger partial charge in [-0.1, -0.05) is 45.4 Å². The van der Waals surface area contributed by atoms with Crippen LogP contribution in [0.5, 0.6) is 0 Å². The van der Waals surface area contributed by atoms with Crippen LogP contribution in [0.3, 0.4) is 0 Å². The van der Waals surface area contributed by atoms with E-state index in [1.807, 2.05) is 65.0 Å². The highest BCUT2D eigenvalue weighted by molar-refractivity contribution is 8.02. The van der Waals surface area contributed by atoms with Crippen molar-refractivity contribution in [1.29, 1.82) is 0 Å². The number of hydrogen-bond acceptors (Lipinski definition) is 5. The molecule has 3 N–H and O–H groups in total. The number of thioether (sulfide) groups is 1. The lowest BCUT2D eigenvalue weighted by Gasteiger charge is -2.42. The number of carbonyl (C=O) groups is 3. The van der Waals surface area contributed by atoms with Crippen LogP contribution in [-0.4, -0.2) is 62.0 Å². The molecule has 1 spiro atoms. The average Bonchev–Trinajstić information content (AvgIpc) is 3.38. The molecule has 8 heteroatoms. The largest absolute Gasteiger partial charge is 0.394 e. The average molecular weight is 502 g/mol. The minimum absolute atomic E-state index is 0.0122. The van der Waals surface area contributed by atoms with Crippen LogP contribution in [0.1, 0.15) is 54.4 Å². The molecule has 1 aromatic rings. The highest BCUT2D eigenvalue weighted by Crippen LogP contribution is 2.69. The van der Waals surface area contributed by atoms with Crippen LogP contribution in [0.4, 0.5) is 5.69 Å². The Morgan fingerprint density at radius 1 is 1.23 bits per heavy atom. The number of amides is 3. The SMILES string of the molecule is CC[C@H](C)[C@H](CO)N1C(=O)[C@@H]2[C@H](C(=O)Nc3ccccc3)[C@@H]3CC(C)C2(S3)C1C(=O)NC(C)(C)C. The zero-order chi connectivity index (χ0) is 25.7. The summed E-state index contributed by atoms with van der Waals surface area (Å²) < 4.78 is -0.698. The van der Waals surface area contributed by atoms with Gasteiger partial charge in [0.2, 0.25) is 17.7 Å². The number of fused-ring (bicyclic) bond motifs is 1. The number of carbonyl (C=O) groups excluding carboxylic acids is 3. The van der Waals surface area contributed by atoms with E-state index < -0.39 is 34.2 Å². The van der Waals surface area contributed by atoms with Gasteiger partial charge in [-0.15, -0.1) is 11.8 Å². The van der Waals surface area contributed by atoms with Crippen LogP contribution in [0, 0.1) is 23.7 Å². The summed E-state index contributed by atoms with van der Waals surface area (Å²) in [5.74, 6) is -1.55. The van der Waals surface area contributed by atoms with E-state index in [9.17, 15) is 19.5 Å². The molecule has 1 aromatic carbocycles. The molecule has 3 unspecified atom stereocenters. The molecule has 3 amide bonds. The van der Waals surface area contributed by atoms with Crippen LogP contribution in [0.15, 0.2) is 30.3 Å². The van der Waals surface area contributed by atoms with Crippen LogP contribution in [-0.2, 0) is 14.4 Å². The summed E-state index contributed by atoms with van der Waals surface area (Å²) in [4.78, 5) is 43.4. The molecular weight excluding hydrogens is 462 g/mol. The van der Waals surface area contributed by atoms with E-state index in [4.69, 9.17) is 0 Å². The van der Waals surface area contributed by atoms with E-state index in [0.717, 1.165) is 12.8 Å². The Balaban J connectivity index is 1.77. The highest BCUT2D eigenvalue weighted by atomic mass is 32.2. The highest BCUT2D eigenvalue weighted by Gasteiger charge is 2.76. The van der Waals surface area contributed by atoms with Crippen molar-refractivity contribution >= 4 is 35.2 Å². The molecule has 0 aromatic heterocycles. The van der Waals surface area contributed by atoms with Gasteiger partial charge in [-0.25, -0.2) is 0 Å². The lowest BCUT2D eigenvalue weighted by Crippen LogP contribution is -2.61. The van der Waals surface area contributed by atoms with Gasteiger partial charge in [-0.05, 0) is 51.2 Å². The standard InChI is InChI=1S/C27H39N3O4S/c1-7-15(2)18(14-31)30-22(24(33)29-26(4,5)6)27-16(3)13-19(35-27)20(21(27)25(30)34)23(32)28-17-11-9-8-10-12-17/h8-12,15-16,18-22,31H,7,13-14H2,1-6H3,(H,28,32)(H,29,33)/t15-,16?,18-,19-,20+,21-,22?,27?/m0/s1. The van der Waals surface area contributed by atoms with Crippen molar-refractivity contribution in [1.82, 2.24) is 10.2 Å². The lowest BCUT2D eigenvalue weighted by molar-refractivity contribution is -0.143. The second kappa shape index (κ2) is 9.43. The second-order valence-corrected chi connectivity index (χ2v) is 13.1. The Morgan fingerprint density at radius 2 is 1.89 bits per heavy atom. The topological polar surface area (TPSA) is 98.7 Å². The third-order valence-corrected chi connectivity index (χ3v) is 10.2. The van der Waals surface area contributed by atoms with Gasteiger partial charge < -0.3 is 20.6 Å². The summed E-state index contributed by atoms with van der Waals surface area (Å²) in [6, 6.07) is 8.08. The molecule has 3 aliphatic heterocycles. The van der Waals surface area contributed by atoms with Gasteiger partial charge in [0, 0.05) is 16.5 Å². The number of nitrogens with zero attached hydrogens (tertiary/aromatic N) is 1. The number of para-hydroxylation sites is 1. The molecule has 8 atom stereocenters. The number of rotatable bonds is 7. The van der Waals surface area contributed by atoms with Gasteiger partial charge in [0.15, 0.2) is 0 Å². The van der Waals surface area contributed by atoms with Crippen LogP contribution >= 0.6 is 11.8 Å². The fraction of sp³-hybridized carbons (Fsp3) is 0.667. The first-order chi connectivity index (χ1) is 16.5. The predicted molar refractivity (Wildman–Crippen MR) is 139 cm³/mol. The van der Waals surface area contributed by atoms with Crippen molar-refractivity contribution in [3.05, 3.63) is 30.3 Å². The minimum Gasteiger partial charge on any atom is -0.394 e. The first kappa shape index (κ1) is 26.0. The molecule has 3 heterocycles. The van der Waals surface area contributed by atoms with Crippen molar-refractivity contribution < 1.29 is 19.5 Å². The lowest BCUT2D eigenvalue weighted by atomic mass is 9.65. The van der Waals surface area contributed by atoms with Crippen molar-refractivity contribution in [2.24, 2.45) is 23.7 Å². The number of hydrogen-bond donors (Lipinski definition) is 3. The van der Waals surface area contributed by atoms with Gasteiger partial charge in [0.05, 0.1) is 29.2 Å². The molecule has 35 heavy (non-hydrogen) atoms. The van der Waals surface area contributed by atoms with E-state index in [1.54, 1.807) is 16.7 Å². The molecule has 0 radical (unpaired) electrons. The van der Waals surface area contributed by atoms with Gasteiger partial charge in [0.25, 0.3) is 0 Å². The van der Waals surface area contributed by atoms with Crippen LogP contribution in [0.2, 0.25) is 0 Å². The number of nitrogens with one attached hydrogen (secondary N) is 2. The Hall–Kier alpha value is -2.06. The summed E-state index contributed by atoms with van der Waals surface area (Å²) in [5, 5.41) is 16.5. The van der Waals surface area contributed by atoms with Crippen molar-refractivity contribution in [2.75, 3.05) is 11.9 Å². The summed E-state index contributed by atoms with van der Waals surface area (Å²) in [5.41, 5.74) is 0.227. The maximum atomic E-state index is 14.2. The first-order valence-corrected chi connectivity index (χ1v) is 13.6. The molecule has 0 aliphatic carbocycles. The maximum absolute atomic E-state index is 14.2. The molecule has 192 valence electrons. The molecule has 0 saturated carbocycles. The second-order valence-electron chi connectivity index (χ2n) is 11.5. The number of likely N-dealkylation sites (tertiary alicyclic amines) is 1. The van der Waals surface area contributed by atoms with Crippen molar-refractivity contribution in [3.63, 3.8) is 0 Å². The summed E-state index contributed by atoms with van der Waals surface area (Å²) in [6.45, 7) is 11.7. The number of benzene rings is 1. The van der Waals surface area contributed by atoms with E-state index in [0.29, 0.717) is 5.69 Å². The number of anilines is 1. The zero-order valence-corrected chi connectivity index (χ0v) is 22.4.